The Morgan fingerprint density at radius 3 is 1.85 bits per heavy atom. The van der Waals surface area contributed by atoms with E-state index >= 15 is 23.6 Å². The molecule has 3 aromatic heterocycles. The number of methoxy groups -OCH3 is 1. The van der Waals surface area contributed by atoms with Crippen LogP contribution in [0.5, 0.6) is 5.75 Å². The fourth-order valence-electron chi connectivity index (χ4n) is 12.4. The number of benzene rings is 4. The zero-order valence-corrected chi connectivity index (χ0v) is 60.9. The van der Waals surface area contributed by atoms with E-state index in [0.717, 1.165) is 17.2 Å². The van der Waals surface area contributed by atoms with E-state index in [1.165, 1.54) is 85.9 Å². The van der Waals surface area contributed by atoms with Gasteiger partial charge in [0.1, 0.15) is 71.8 Å². The summed E-state index contributed by atoms with van der Waals surface area (Å²) in [6.45, 7) is 3.13. The van der Waals surface area contributed by atoms with Gasteiger partial charge in [-0.2, -0.15) is 23.5 Å². The first-order valence-corrected chi connectivity index (χ1v) is 37.2. The lowest BCUT2D eigenvalue weighted by molar-refractivity contribution is -0.146. The van der Waals surface area contributed by atoms with E-state index < -0.39 is 157 Å². The number of nitrogens with zero attached hydrogens (tertiary/aromatic N) is 2. The number of carboxylic acids is 1. The maximum atomic E-state index is 15.2. The van der Waals surface area contributed by atoms with Gasteiger partial charge in [0, 0.05) is 127 Å². The van der Waals surface area contributed by atoms with Crippen molar-refractivity contribution in [3.63, 3.8) is 0 Å². The minimum absolute atomic E-state index is 0.0415. The Bertz CT molecular complexity index is 4280. The van der Waals surface area contributed by atoms with Crippen molar-refractivity contribution in [3.05, 3.63) is 155 Å². The maximum absolute atomic E-state index is 15.2. The highest BCUT2D eigenvalue weighted by Crippen LogP contribution is 2.31. The number of nitrogens with one attached hydrogen (secondary N) is 12. The minimum Gasteiger partial charge on any atom is -0.497 e. The van der Waals surface area contributed by atoms with Crippen LogP contribution in [-0.4, -0.2) is 214 Å². The van der Waals surface area contributed by atoms with Crippen LogP contribution in [-0.2, 0) is 99.4 Å². The van der Waals surface area contributed by atoms with Crippen molar-refractivity contribution in [1.29, 1.82) is 0 Å². The number of carbonyl (C=O) groups is 11. The van der Waals surface area contributed by atoms with E-state index in [0.29, 0.717) is 57.5 Å². The molecule has 30 nitrogen and oxygen atoms in total. The van der Waals surface area contributed by atoms with Gasteiger partial charge in [0.25, 0.3) is 0 Å². The molecule has 0 saturated carbocycles. The number of aromatic nitrogens is 4. The molecule has 1 saturated heterocycles. The van der Waals surface area contributed by atoms with Crippen LogP contribution in [0, 0.1) is 11.6 Å². The molecule has 4 aromatic carbocycles. The number of carboxylic acid groups (broad SMARTS) is 1. The van der Waals surface area contributed by atoms with Gasteiger partial charge in [-0.05, 0) is 103 Å². The summed E-state index contributed by atoms with van der Waals surface area (Å²) in [6, 6.07) is 10.6. The van der Waals surface area contributed by atoms with Gasteiger partial charge in [0.15, 0.2) is 0 Å². The van der Waals surface area contributed by atoms with Gasteiger partial charge < -0.3 is 92.8 Å². The van der Waals surface area contributed by atoms with Crippen molar-refractivity contribution in [2.75, 3.05) is 71.2 Å². The van der Waals surface area contributed by atoms with Crippen LogP contribution in [0.25, 0.3) is 21.8 Å². The third-order valence-corrected chi connectivity index (χ3v) is 20.2. The van der Waals surface area contributed by atoms with Crippen LogP contribution in [0.15, 0.2) is 110 Å². The van der Waals surface area contributed by atoms with Gasteiger partial charge in [-0.1, -0.05) is 36.4 Å². The van der Waals surface area contributed by atoms with E-state index in [1.54, 1.807) is 43.0 Å². The SMILES string of the molecule is COc1ccc(C[C@@H]2NC(=O)[C@H](Cc3cnc[nH]3)NC(=O)[C@H](CC(=O)O)NC(=O)[C@H](Cc3c[nH]c4ccc(F)cc34)NC(=O)[C@H](Cc3c[nH]c4ccc(F)cc34)NC(=O)[C@@H](C)NC(=O)[C@H](CNC(=O)COCCOCCN)NC(=O)CCSCc3cccc(c3)CSCCNC(=O)[C@]3(C)CCCN3C2=O)cc1. The molecule has 1 fully saturated rings. The molecule has 2 bridgehead atoms. The van der Waals surface area contributed by atoms with E-state index in [1.807, 2.05) is 24.3 Å². The molecule has 0 spiro atoms. The van der Waals surface area contributed by atoms with Gasteiger partial charge in [0.05, 0.1) is 39.7 Å². The number of carbonyl (C=O) groups excluding carboxylic acids is 10. The zero-order valence-electron chi connectivity index (χ0n) is 59.3. The number of thioether (sulfide) groups is 2. The Balaban J connectivity index is 1.05. The van der Waals surface area contributed by atoms with Crippen LogP contribution in [0.4, 0.5) is 8.78 Å². The molecule has 572 valence electrons. The first kappa shape index (κ1) is 80.7. The Morgan fingerprint density at radius 2 is 1.24 bits per heavy atom. The van der Waals surface area contributed by atoms with Crippen LogP contribution in [0.2, 0.25) is 0 Å². The van der Waals surface area contributed by atoms with E-state index in [4.69, 9.17) is 19.9 Å². The predicted octanol–water partition coefficient (Wildman–Crippen LogP) is 1.99. The second-order valence-corrected chi connectivity index (χ2v) is 28.3. The lowest BCUT2D eigenvalue weighted by Gasteiger charge is -2.36. The molecule has 10 amide bonds. The summed E-state index contributed by atoms with van der Waals surface area (Å²) in [7, 11) is 1.48. The number of rotatable bonds is 20. The third-order valence-electron chi connectivity index (χ3n) is 18.1. The number of aromatic amines is 3. The van der Waals surface area contributed by atoms with Crippen LogP contribution >= 0.6 is 23.5 Å². The number of nitrogens with two attached hydrogens (primary N) is 1. The predicted molar refractivity (Wildman–Crippen MR) is 394 cm³/mol. The molecule has 0 aliphatic carbocycles. The third kappa shape index (κ3) is 23.3. The molecule has 107 heavy (non-hydrogen) atoms. The van der Waals surface area contributed by atoms with Gasteiger partial charge in [-0.15, -0.1) is 0 Å². The number of hydrogen-bond donors (Lipinski definition) is 14. The van der Waals surface area contributed by atoms with E-state index in [9.17, 15) is 43.1 Å². The second-order valence-electron chi connectivity index (χ2n) is 26.1. The highest BCUT2D eigenvalue weighted by atomic mass is 32.2. The molecule has 15 N–H and O–H groups in total. The summed E-state index contributed by atoms with van der Waals surface area (Å²) in [6.07, 6.45) is 3.71. The first-order valence-electron chi connectivity index (χ1n) is 34.9. The average molecular weight is 1520 g/mol. The van der Waals surface area contributed by atoms with Gasteiger partial charge >= 0.3 is 5.97 Å². The van der Waals surface area contributed by atoms with Gasteiger partial charge in [-0.25, -0.2) is 13.8 Å². The standard InChI is InChI=1S/C73H89F2N15O15S2/c1-42-65(95)85-56(28-46-34-79-54-14-10-48(74)30-52(46)54)66(96)86-57(29-47-35-80-55-15-11-49(75)31-53(47)55)67(97)88-59(33-64(93)94)69(99)87-58(32-50-36-77-41-82-50)68(98)89-60(27-43-8-12-51(103-3)13-9-43)71(101)90-20-5-17-73(90,2)72(102)78-19-25-107-40-45-7-4-6-44(26-45)39-106-24-16-62(91)84-61(70(100)83-42)37-81-63(92)38-105-23-22-104-21-18-76/h4,6-15,26,30-31,34-36,41-42,56-61,79-80H,5,16-25,27-29,32-33,37-40,76H2,1-3H3,(H,77,82)(H,78,102)(H,81,92)(H,83,100)(H,84,91)(H,85,95)(H,86,96)(H,87,99)(H,88,97)(H,89,98)(H,93,94)/t42-,56+,57+,58+,59+,60+,61+,73+/m1/s1. The number of H-pyrrole nitrogens is 3. The summed E-state index contributed by atoms with van der Waals surface area (Å²) in [5.41, 5.74) is 8.27. The topological polar surface area (TPSA) is 433 Å². The van der Waals surface area contributed by atoms with Crippen molar-refractivity contribution in [2.45, 2.75) is 125 Å². The molecule has 9 rings (SSSR count). The molecule has 0 unspecified atom stereocenters. The molecule has 8 atom stereocenters. The number of amides is 10. The molecule has 0 radical (unpaired) electrons. The summed E-state index contributed by atoms with van der Waals surface area (Å²) in [5, 5.41) is 34.8. The number of fused-ring (bicyclic) bond motifs is 5. The summed E-state index contributed by atoms with van der Waals surface area (Å²) in [4.78, 5) is 173. The Labute approximate surface area is 623 Å². The number of hydrogen-bond acceptors (Lipinski definition) is 18. The van der Waals surface area contributed by atoms with Crippen LogP contribution in [0.1, 0.15) is 73.0 Å². The minimum atomic E-state index is -2.04. The lowest BCUT2D eigenvalue weighted by atomic mass is 9.95. The average Bonchev–Trinajstić information content (AvgIpc) is 1.68. The highest BCUT2D eigenvalue weighted by molar-refractivity contribution is 7.98. The van der Waals surface area contributed by atoms with E-state index in [-0.39, 0.29) is 87.0 Å². The van der Waals surface area contributed by atoms with Crippen molar-refractivity contribution < 1.29 is 80.8 Å². The molecule has 5 heterocycles. The Hall–Kier alpha value is -10.4. The number of imidazole rings is 1. The summed E-state index contributed by atoms with van der Waals surface area (Å²) < 4.78 is 46.1. The fraction of sp³-hybridized carbons (Fsp3) is 0.425. The summed E-state index contributed by atoms with van der Waals surface area (Å²) in [5.74, 6) is -9.23. The van der Waals surface area contributed by atoms with E-state index in [2.05, 4.69) is 67.8 Å². The smallest absolute Gasteiger partial charge is 0.305 e. The molecule has 7 aromatic rings. The molecular formula is C73H89F2N15O15S2. The quantitative estimate of drug-likeness (QED) is 0.0485. The summed E-state index contributed by atoms with van der Waals surface area (Å²) >= 11 is 3.02. The first-order chi connectivity index (χ1) is 51.5. The van der Waals surface area contributed by atoms with Crippen LogP contribution < -0.4 is 58.3 Å². The van der Waals surface area contributed by atoms with Crippen molar-refractivity contribution in [2.24, 2.45) is 5.73 Å². The zero-order chi connectivity index (χ0) is 76.6. The molecular weight excluding hydrogens is 1430 g/mol. The second kappa shape index (κ2) is 39.3. The fourth-order valence-corrected chi connectivity index (χ4v) is 14.1. The highest BCUT2D eigenvalue weighted by Gasteiger charge is 2.48. The molecule has 34 heteroatoms. The number of halogens is 2. The Morgan fingerprint density at radius 1 is 0.664 bits per heavy atom. The number of aliphatic carboxylic acids is 1. The molecule has 2 aliphatic heterocycles. The lowest BCUT2D eigenvalue weighted by Crippen LogP contribution is -2.62. The Kier molecular flexibility index (Phi) is 29.6. The van der Waals surface area contributed by atoms with Crippen LogP contribution in [0.3, 0.4) is 0 Å². The van der Waals surface area contributed by atoms with Crippen molar-refractivity contribution in [3.8, 4) is 5.75 Å². The van der Waals surface area contributed by atoms with Crippen molar-refractivity contribution in [1.82, 2.24) is 72.7 Å². The normalized spacial score (nSPS) is 22.1. The largest absolute Gasteiger partial charge is 0.497 e. The monoisotopic (exact) mass is 1520 g/mol. The van der Waals surface area contributed by atoms with Crippen molar-refractivity contribution >= 4 is 110 Å². The van der Waals surface area contributed by atoms with Gasteiger partial charge in [0.2, 0.25) is 59.1 Å². The number of ether oxygens (including phenoxy) is 3. The molecule has 2 aliphatic rings. The maximum Gasteiger partial charge on any atom is 0.305 e. The van der Waals surface area contributed by atoms with Gasteiger partial charge in [-0.3, -0.25) is 52.7 Å².